The molecule has 1 N–H and O–H groups in total. The van der Waals surface area contributed by atoms with E-state index >= 15 is 0 Å². The molecule has 0 heterocycles. The Hall–Kier alpha value is -2.39. The Labute approximate surface area is 211 Å². The summed E-state index contributed by atoms with van der Waals surface area (Å²) in [5.74, 6) is -0.723. The van der Waals surface area contributed by atoms with Gasteiger partial charge in [0.2, 0.25) is 21.8 Å². The van der Waals surface area contributed by atoms with Crippen molar-refractivity contribution in [2.75, 3.05) is 23.7 Å². The second-order valence-corrected chi connectivity index (χ2v) is 11.4. The number of hydrogen-bond acceptors (Lipinski definition) is 4. The van der Waals surface area contributed by atoms with Gasteiger partial charge in [-0.05, 0) is 62.1 Å². The first-order valence-corrected chi connectivity index (χ1v) is 13.9. The number of nitrogens with zero attached hydrogens (tertiary/aromatic N) is 2. The minimum absolute atomic E-state index is 0.172. The van der Waals surface area contributed by atoms with Crippen molar-refractivity contribution in [2.45, 2.75) is 53.1 Å². The van der Waals surface area contributed by atoms with E-state index in [2.05, 4.69) is 21.2 Å². The van der Waals surface area contributed by atoms with Crippen LogP contribution in [0.1, 0.15) is 43.4 Å². The number of anilines is 1. The van der Waals surface area contributed by atoms with Crippen LogP contribution in [0.15, 0.2) is 46.9 Å². The van der Waals surface area contributed by atoms with Gasteiger partial charge in [-0.1, -0.05) is 53.5 Å². The maximum absolute atomic E-state index is 13.6. The monoisotopic (exact) mass is 551 g/mol. The average molecular weight is 553 g/mol. The molecule has 0 saturated heterocycles. The average Bonchev–Trinajstić information content (AvgIpc) is 2.76. The number of aryl methyl sites for hydroxylation is 2. The summed E-state index contributed by atoms with van der Waals surface area (Å²) in [6.07, 6.45) is 2.86. The van der Waals surface area contributed by atoms with Crippen LogP contribution in [-0.4, -0.2) is 50.5 Å². The number of carbonyl (C=O) groups is 2. The highest BCUT2D eigenvalue weighted by atomic mass is 79.9. The summed E-state index contributed by atoms with van der Waals surface area (Å²) in [6, 6.07) is 12.2. The molecule has 0 radical (unpaired) electrons. The van der Waals surface area contributed by atoms with Crippen molar-refractivity contribution < 1.29 is 18.0 Å². The minimum Gasteiger partial charge on any atom is -0.354 e. The number of carbonyl (C=O) groups excluding carboxylic acids is 2. The Morgan fingerprint density at radius 3 is 2.44 bits per heavy atom. The van der Waals surface area contributed by atoms with Gasteiger partial charge in [-0.15, -0.1) is 0 Å². The number of hydrogen-bond donors (Lipinski definition) is 1. The Morgan fingerprint density at radius 1 is 1.12 bits per heavy atom. The van der Waals surface area contributed by atoms with Crippen LogP contribution in [0, 0.1) is 13.8 Å². The zero-order chi connectivity index (χ0) is 25.5. The quantitative estimate of drug-likeness (QED) is 0.424. The number of benzene rings is 2. The zero-order valence-electron chi connectivity index (χ0n) is 20.5. The standard InChI is InChI=1S/C25H34BrN3O4S/c1-6-7-13-27-25(31)20(4)28(16-21-9-8-10-22(26)15-21)24(30)17-29(34(5,32)33)23-14-18(2)11-12-19(23)3/h8-12,14-15,20H,6-7,13,16-17H2,1-5H3,(H,27,31). The molecule has 0 fully saturated rings. The van der Waals surface area contributed by atoms with Crippen LogP contribution < -0.4 is 9.62 Å². The lowest BCUT2D eigenvalue weighted by molar-refractivity contribution is -0.139. The molecular weight excluding hydrogens is 518 g/mol. The van der Waals surface area contributed by atoms with Crippen LogP contribution in [0.3, 0.4) is 0 Å². The summed E-state index contributed by atoms with van der Waals surface area (Å²) in [7, 11) is -3.75. The van der Waals surface area contributed by atoms with Crippen LogP contribution in [0.25, 0.3) is 0 Å². The highest BCUT2D eigenvalue weighted by molar-refractivity contribution is 9.10. The van der Waals surface area contributed by atoms with Crippen LogP contribution >= 0.6 is 15.9 Å². The third kappa shape index (κ3) is 7.84. The highest BCUT2D eigenvalue weighted by Gasteiger charge is 2.30. The third-order valence-corrected chi connectivity index (χ3v) is 7.17. The molecule has 9 heteroatoms. The first-order valence-electron chi connectivity index (χ1n) is 11.3. The molecule has 2 aromatic rings. The largest absolute Gasteiger partial charge is 0.354 e. The van der Waals surface area contributed by atoms with Gasteiger partial charge in [0.15, 0.2) is 0 Å². The minimum atomic E-state index is -3.75. The second-order valence-electron chi connectivity index (χ2n) is 8.53. The lowest BCUT2D eigenvalue weighted by Gasteiger charge is -2.32. The fraction of sp³-hybridized carbons (Fsp3) is 0.440. The van der Waals surface area contributed by atoms with E-state index in [-0.39, 0.29) is 12.5 Å². The van der Waals surface area contributed by atoms with Gasteiger partial charge in [-0.3, -0.25) is 13.9 Å². The second kappa shape index (κ2) is 12.4. The van der Waals surface area contributed by atoms with E-state index in [1.165, 1.54) is 4.90 Å². The third-order valence-electron chi connectivity index (χ3n) is 5.55. The Morgan fingerprint density at radius 2 is 1.82 bits per heavy atom. The number of sulfonamides is 1. The van der Waals surface area contributed by atoms with Crippen LogP contribution in [0.4, 0.5) is 5.69 Å². The molecule has 1 unspecified atom stereocenters. The van der Waals surface area contributed by atoms with Gasteiger partial charge in [0.25, 0.3) is 0 Å². The van der Waals surface area contributed by atoms with E-state index in [1.54, 1.807) is 19.9 Å². The normalized spacial score (nSPS) is 12.2. The molecule has 1 atom stereocenters. The lowest BCUT2D eigenvalue weighted by atomic mass is 10.1. The Kier molecular flexibility index (Phi) is 10.1. The first-order chi connectivity index (χ1) is 15.9. The fourth-order valence-corrected chi connectivity index (χ4v) is 4.88. The van der Waals surface area contributed by atoms with Crippen molar-refractivity contribution >= 4 is 43.5 Å². The number of halogens is 1. The van der Waals surface area contributed by atoms with Crippen molar-refractivity contribution in [3.8, 4) is 0 Å². The molecule has 0 saturated carbocycles. The number of amides is 2. The molecule has 7 nitrogen and oxygen atoms in total. The van der Waals surface area contributed by atoms with Crippen LogP contribution in [-0.2, 0) is 26.2 Å². The van der Waals surface area contributed by atoms with E-state index < -0.39 is 28.5 Å². The Bertz CT molecular complexity index is 1120. The van der Waals surface area contributed by atoms with Crippen LogP contribution in [0.5, 0.6) is 0 Å². The maximum Gasteiger partial charge on any atom is 0.244 e. The summed E-state index contributed by atoms with van der Waals surface area (Å²) in [5.41, 5.74) is 2.91. The molecule has 2 aromatic carbocycles. The van der Waals surface area contributed by atoms with Gasteiger partial charge in [0.1, 0.15) is 12.6 Å². The first kappa shape index (κ1) is 27.9. The van der Waals surface area contributed by atoms with Crippen LogP contribution in [0.2, 0.25) is 0 Å². The predicted octanol–water partition coefficient (Wildman–Crippen LogP) is 4.17. The van der Waals surface area contributed by atoms with E-state index in [9.17, 15) is 18.0 Å². The van der Waals surface area contributed by atoms with Gasteiger partial charge < -0.3 is 10.2 Å². The SMILES string of the molecule is CCCCNC(=O)C(C)N(Cc1cccc(Br)c1)C(=O)CN(c1cc(C)ccc1C)S(C)(=O)=O. The molecule has 2 amide bonds. The van der Waals surface area contributed by atoms with Gasteiger partial charge in [0, 0.05) is 17.6 Å². The van der Waals surface area contributed by atoms with Crippen molar-refractivity contribution in [3.63, 3.8) is 0 Å². The van der Waals surface area contributed by atoms with Crippen molar-refractivity contribution in [2.24, 2.45) is 0 Å². The summed E-state index contributed by atoms with van der Waals surface area (Å²) >= 11 is 3.44. The molecule has 0 aliphatic carbocycles. The molecule has 0 aliphatic heterocycles. The summed E-state index contributed by atoms with van der Waals surface area (Å²) < 4.78 is 27.4. The van der Waals surface area contributed by atoms with E-state index in [1.807, 2.05) is 50.2 Å². The summed E-state index contributed by atoms with van der Waals surface area (Å²) in [5, 5.41) is 2.87. The number of nitrogens with one attached hydrogen (secondary N) is 1. The predicted molar refractivity (Wildman–Crippen MR) is 140 cm³/mol. The number of rotatable bonds is 11. The molecule has 0 spiro atoms. The molecule has 2 rings (SSSR count). The van der Waals surface area contributed by atoms with Crippen molar-refractivity contribution in [1.29, 1.82) is 0 Å². The van der Waals surface area contributed by atoms with E-state index in [0.717, 1.165) is 44.6 Å². The smallest absolute Gasteiger partial charge is 0.244 e. The van der Waals surface area contributed by atoms with E-state index in [0.29, 0.717) is 12.2 Å². The molecule has 186 valence electrons. The molecule has 34 heavy (non-hydrogen) atoms. The van der Waals surface area contributed by atoms with E-state index in [4.69, 9.17) is 0 Å². The summed E-state index contributed by atoms with van der Waals surface area (Å²) in [6.45, 7) is 7.67. The highest BCUT2D eigenvalue weighted by Crippen LogP contribution is 2.25. The molecule has 0 aliphatic rings. The van der Waals surface area contributed by atoms with Gasteiger partial charge in [-0.2, -0.15) is 0 Å². The fourth-order valence-electron chi connectivity index (χ4n) is 3.53. The maximum atomic E-state index is 13.6. The van der Waals surface area contributed by atoms with Gasteiger partial charge >= 0.3 is 0 Å². The lowest BCUT2D eigenvalue weighted by Crippen LogP contribution is -2.51. The Balaban J connectivity index is 2.39. The topological polar surface area (TPSA) is 86.8 Å². The summed E-state index contributed by atoms with van der Waals surface area (Å²) in [4.78, 5) is 27.8. The van der Waals surface area contributed by atoms with Crippen molar-refractivity contribution in [3.05, 3.63) is 63.6 Å². The van der Waals surface area contributed by atoms with Gasteiger partial charge in [0.05, 0.1) is 11.9 Å². The molecule has 0 bridgehead atoms. The number of unbranched alkanes of at least 4 members (excludes halogenated alkanes) is 1. The molecular formula is C25H34BrN3O4S. The zero-order valence-corrected chi connectivity index (χ0v) is 22.9. The molecule has 0 aromatic heterocycles. The van der Waals surface area contributed by atoms with Crippen molar-refractivity contribution in [1.82, 2.24) is 10.2 Å². The van der Waals surface area contributed by atoms with Gasteiger partial charge in [-0.25, -0.2) is 8.42 Å².